The molecule has 2 unspecified atom stereocenters. The minimum atomic E-state index is 0.241. The fourth-order valence-corrected chi connectivity index (χ4v) is 2.04. The molecule has 0 aliphatic carbocycles. The van der Waals surface area contributed by atoms with Crippen LogP contribution in [-0.2, 0) is 6.42 Å². The summed E-state index contributed by atoms with van der Waals surface area (Å²) in [5.41, 5.74) is 1.07. The zero-order valence-electron chi connectivity index (χ0n) is 12.4. The molecular formula is C17H23NO2. The van der Waals surface area contributed by atoms with Gasteiger partial charge in [0.05, 0.1) is 12.4 Å². The molecular weight excluding hydrogens is 250 g/mol. The average molecular weight is 273 g/mol. The van der Waals surface area contributed by atoms with Gasteiger partial charge >= 0.3 is 0 Å². The molecule has 1 N–H and O–H groups in total. The van der Waals surface area contributed by atoms with E-state index in [1.807, 2.05) is 30.3 Å². The van der Waals surface area contributed by atoms with Gasteiger partial charge in [-0.25, -0.2) is 0 Å². The van der Waals surface area contributed by atoms with Crippen molar-refractivity contribution in [2.75, 3.05) is 5.32 Å². The molecule has 1 aromatic carbocycles. The number of hydrogen-bond acceptors (Lipinski definition) is 3. The molecule has 0 saturated heterocycles. The van der Waals surface area contributed by atoms with E-state index in [2.05, 4.69) is 32.2 Å². The fraction of sp³-hybridized carbons (Fsp3) is 0.412. The van der Waals surface area contributed by atoms with E-state index in [1.165, 1.54) is 0 Å². The SMILES string of the molecule is CCC(C)Oc1cccc(NC(C)Cc2ccco2)c1. The van der Waals surface area contributed by atoms with Crippen LogP contribution in [0.15, 0.2) is 47.1 Å². The monoisotopic (exact) mass is 273 g/mol. The summed E-state index contributed by atoms with van der Waals surface area (Å²) in [6, 6.07) is 12.3. The molecule has 3 heteroatoms. The third-order valence-electron chi connectivity index (χ3n) is 3.25. The highest BCUT2D eigenvalue weighted by molar-refractivity contribution is 5.48. The molecule has 2 atom stereocenters. The molecule has 0 bridgehead atoms. The first kappa shape index (κ1) is 14.5. The van der Waals surface area contributed by atoms with Gasteiger partial charge in [-0.3, -0.25) is 0 Å². The molecule has 0 aliphatic rings. The Kier molecular flexibility index (Phi) is 5.10. The highest BCUT2D eigenvalue weighted by Gasteiger charge is 2.07. The second-order valence-corrected chi connectivity index (χ2v) is 5.19. The van der Waals surface area contributed by atoms with Gasteiger partial charge in [0.2, 0.25) is 0 Å². The third kappa shape index (κ3) is 4.34. The van der Waals surface area contributed by atoms with Gasteiger partial charge in [-0.15, -0.1) is 0 Å². The Morgan fingerprint density at radius 3 is 2.75 bits per heavy atom. The lowest BCUT2D eigenvalue weighted by atomic mass is 10.2. The summed E-state index contributed by atoms with van der Waals surface area (Å²) in [4.78, 5) is 0. The van der Waals surface area contributed by atoms with Gasteiger partial charge in [0.25, 0.3) is 0 Å². The Bertz CT molecular complexity index is 507. The topological polar surface area (TPSA) is 34.4 Å². The summed E-state index contributed by atoms with van der Waals surface area (Å²) in [5.74, 6) is 1.91. The molecule has 0 fully saturated rings. The summed E-state index contributed by atoms with van der Waals surface area (Å²) in [7, 11) is 0. The van der Waals surface area contributed by atoms with Crippen LogP contribution in [0.1, 0.15) is 33.0 Å². The Morgan fingerprint density at radius 2 is 2.05 bits per heavy atom. The van der Waals surface area contributed by atoms with Crippen molar-refractivity contribution in [1.82, 2.24) is 0 Å². The molecule has 3 nitrogen and oxygen atoms in total. The Hall–Kier alpha value is -1.90. The van der Waals surface area contributed by atoms with Crippen LogP contribution >= 0.6 is 0 Å². The lowest BCUT2D eigenvalue weighted by Crippen LogP contribution is -2.18. The Morgan fingerprint density at radius 1 is 1.20 bits per heavy atom. The number of ether oxygens (including phenoxy) is 1. The van der Waals surface area contributed by atoms with Crippen molar-refractivity contribution in [3.63, 3.8) is 0 Å². The van der Waals surface area contributed by atoms with Gasteiger partial charge in [0.1, 0.15) is 11.5 Å². The molecule has 20 heavy (non-hydrogen) atoms. The maximum atomic E-state index is 5.83. The zero-order valence-corrected chi connectivity index (χ0v) is 12.4. The molecule has 2 aromatic rings. The summed E-state index contributed by atoms with van der Waals surface area (Å²) in [6.07, 6.45) is 3.82. The first-order valence-corrected chi connectivity index (χ1v) is 7.23. The molecule has 1 aromatic heterocycles. The minimum Gasteiger partial charge on any atom is -0.491 e. The number of hydrogen-bond donors (Lipinski definition) is 1. The van der Waals surface area contributed by atoms with Crippen LogP contribution in [0, 0.1) is 0 Å². The van der Waals surface area contributed by atoms with E-state index in [-0.39, 0.29) is 6.10 Å². The van der Waals surface area contributed by atoms with Crippen molar-refractivity contribution in [3.05, 3.63) is 48.4 Å². The molecule has 2 rings (SSSR count). The summed E-state index contributed by atoms with van der Waals surface area (Å²) < 4.78 is 11.2. The lowest BCUT2D eigenvalue weighted by Gasteiger charge is -2.17. The number of anilines is 1. The molecule has 0 spiro atoms. The number of furan rings is 1. The number of nitrogens with one attached hydrogen (secondary N) is 1. The summed E-state index contributed by atoms with van der Waals surface area (Å²) in [5, 5.41) is 3.47. The van der Waals surface area contributed by atoms with Crippen LogP contribution in [0.4, 0.5) is 5.69 Å². The molecule has 0 aliphatic heterocycles. The van der Waals surface area contributed by atoms with Crippen molar-refractivity contribution >= 4 is 5.69 Å². The van der Waals surface area contributed by atoms with Crippen LogP contribution in [0.2, 0.25) is 0 Å². The summed E-state index contributed by atoms with van der Waals surface area (Å²) in [6.45, 7) is 6.35. The molecule has 0 radical (unpaired) electrons. The Balaban J connectivity index is 1.93. The van der Waals surface area contributed by atoms with Crippen LogP contribution in [-0.4, -0.2) is 12.1 Å². The van der Waals surface area contributed by atoms with Gasteiger partial charge in [0, 0.05) is 24.2 Å². The smallest absolute Gasteiger partial charge is 0.121 e. The van der Waals surface area contributed by atoms with Gasteiger partial charge in [-0.05, 0) is 44.5 Å². The predicted octanol–water partition coefficient (Wildman–Crippen LogP) is 4.50. The first-order valence-electron chi connectivity index (χ1n) is 7.23. The molecule has 0 saturated carbocycles. The van der Waals surface area contributed by atoms with Crippen molar-refractivity contribution in [2.45, 2.75) is 45.8 Å². The van der Waals surface area contributed by atoms with E-state index in [9.17, 15) is 0 Å². The number of rotatable bonds is 7. The van der Waals surface area contributed by atoms with E-state index in [0.717, 1.165) is 30.0 Å². The van der Waals surface area contributed by atoms with Crippen molar-refractivity contribution in [3.8, 4) is 5.75 Å². The van der Waals surface area contributed by atoms with E-state index < -0.39 is 0 Å². The minimum absolute atomic E-state index is 0.241. The van der Waals surface area contributed by atoms with Crippen molar-refractivity contribution < 1.29 is 9.15 Å². The first-order chi connectivity index (χ1) is 9.67. The lowest BCUT2D eigenvalue weighted by molar-refractivity contribution is 0.217. The van der Waals surface area contributed by atoms with E-state index >= 15 is 0 Å². The predicted molar refractivity (Wildman–Crippen MR) is 82.3 cm³/mol. The van der Waals surface area contributed by atoms with Crippen LogP contribution in [0.25, 0.3) is 0 Å². The quantitative estimate of drug-likeness (QED) is 0.806. The van der Waals surface area contributed by atoms with Crippen molar-refractivity contribution in [2.24, 2.45) is 0 Å². The van der Waals surface area contributed by atoms with Crippen LogP contribution in [0.5, 0.6) is 5.75 Å². The van der Waals surface area contributed by atoms with Gasteiger partial charge in [0.15, 0.2) is 0 Å². The van der Waals surface area contributed by atoms with Gasteiger partial charge < -0.3 is 14.5 Å². The second kappa shape index (κ2) is 7.04. The van der Waals surface area contributed by atoms with E-state index in [1.54, 1.807) is 6.26 Å². The molecule has 0 amide bonds. The van der Waals surface area contributed by atoms with Crippen LogP contribution < -0.4 is 10.1 Å². The molecule has 108 valence electrons. The third-order valence-corrected chi connectivity index (χ3v) is 3.25. The highest BCUT2D eigenvalue weighted by Crippen LogP contribution is 2.20. The summed E-state index contributed by atoms with van der Waals surface area (Å²) >= 11 is 0. The number of benzene rings is 1. The highest BCUT2D eigenvalue weighted by atomic mass is 16.5. The largest absolute Gasteiger partial charge is 0.491 e. The maximum Gasteiger partial charge on any atom is 0.121 e. The van der Waals surface area contributed by atoms with E-state index in [4.69, 9.17) is 9.15 Å². The normalized spacial score (nSPS) is 13.8. The van der Waals surface area contributed by atoms with Gasteiger partial charge in [-0.2, -0.15) is 0 Å². The Labute approximate surface area is 121 Å². The zero-order chi connectivity index (χ0) is 14.4. The van der Waals surface area contributed by atoms with Gasteiger partial charge in [-0.1, -0.05) is 13.0 Å². The fourth-order valence-electron chi connectivity index (χ4n) is 2.04. The van der Waals surface area contributed by atoms with Crippen LogP contribution in [0.3, 0.4) is 0 Å². The van der Waals surface area contributed by atoms with E-state index in [0.29, 0.717) is 6.04 Å². The maximum absolute atomic E-state index is 5.83. The molecule has 1 heterocycles. The standard InChI is InChI=1S/C17H23NO2/c1-4-14(3)20-17-8-5-7-15(12-17)18-13(2)11-16-9-6-10-19-16/h5-10,12-14,18H,4,11H2,1-3H3. The second-order valence-electron chi connectivity index (χ2n) is 5.19. The van der Waals surface area contributed by atoms with Crippen molar-refractivity contribution in [1.29, 1.82) is 0 Å². The average Bonchev–Trinajstić information content (AvgIpc) is 2.91.